The number of ether oxygens (including phenoxy) is 1. The lowest BCUT2D eigenvalue weighted by Crippen LogP contribution is -2.35. The molecule has 0 spiro atoms. The third kappa shape index (κ3) is 3.73. The number of imidazole rings is 1. The quantitative estimate of drug-likeness (QED) is 0.736. The number of rotatable bonds is 8. The summed E-state index contributed by atoms with van der Waals surface area (Å²) in [5.41, 5.74) is 1.18. The number of aryl methyl sites for hydroxylation is 2. The van der Waals surface area contributed by atoms with E-state index in [0.29, 0.717) is 6.04 Å². The maximum Gasteiger partial charge on any atom is 0.205 e. The number of likely N-dealkylation sites (N-methyl/N-ethyl adjacent to an activating group) is 1. The molecule has 1 saturated heterocycles. The zero-order chi connectivity index (χ0) is 14.4. The maximum atomic E-state index is 5.43. The second-order valence-corrected chi connectivity index (χ2v) is 5.39. The smallest absolute Gasteiger partial charge is 0.205 e. The predicted octanol–water partition coefficient (Wildman–Crippen LogP) is 1.67. The van der Waals surface area contributed by atoms with E-state index in [1.165, 1.54) is 12.1 Å². The molecule has 0 aliphatic carbocycles. The van der Waals surface area contributed by atoms with Crippen molar-refractivity contribution in [1.82, 2.24) is 14.9 Å². The number of hydrogen-bond donors (Lipinski definition) is 1. The van der Waals surface area contributed by atoms with Crippen molar-refractivity contribution in [3.8, 4) is 0 Å². The molecular weight excluding hydrogens is 252 g/mol. The van der Waals surface area contributed by atoms with Crippen LogP contribution in [0, 0.1) is 0 Å². The minimum absolute atomic E-state index is 0.563. The van der Waals surface area contributed by atoms with Crippen LogP contribution in [0.1, 0.15) is 32.4 Å². The van der Waals surface area contributed by atoms with Crippen LogP contribution in [0.3, 0.4) is 0 Å². The molecule has 1 aliphatic rings. The summed E-state index contributed by atoms with van der Waals surface area (Å²) in [6, 6.07) is 0.563. The van der Waals surface area contributed by atoms with E-state index in [2.05, 4.69) is 35.0 Å². The summed E-state index contributed by atoms with van der Waals surface area (Å²) in [5, 5.41) is 3.42. The highest BCUT2D eigenvalue weighted by Gasteiger charge is 2.23. The van der Waals surface area contributed by atoms with Gasteiger partial charge in [0.25, 0.3) is 0 Å². The van der Waals surface area contributed by atoms with Crippen LogP contribution in [0.5, 0.6) is 0 Å². The molecule has 1 aliphatic heterocycles. The van der Waals surface area contributed by atoms with Gasteiger partial charge in [-0.1, -0.05) is 6.92 Å². The number of hydrogen-bond acceptors (Lipinski definition) is 4. The van der Waals surface area contributed by atoms with Crippen LogP contribution < -0.4 is 10.2 Å². The first kappa shape index (κ1) is 15.3. The lowest BCUT2D eigenvalue weighted by Gasteiger charge is -2.25. The minimum atomic E-state index is 0.563. The van der Waals surface area contributed by atoms with Gasteiger partial charge >= 0.3 is 0 Å². The third-order valence-corrected chi connectivity index (χ3v) is 3.96. The summed E-state index contributed by atoms with van der Waals surface area (Å²) in [5.74, 6) is 1.10. The molecule has 1 N–H and O–H groups in total. The summed E-state index contributed by atoms with van der Waals surface area (Å²) in [4.78, 5) is 7.13. The molecule has 1 unspecified atom stereocenters. The van der Waals surface area contributed by atoms with E-state index in [9.17, 15) is 0 Å². The Labute approximate surface area is 122 Å². The Balaban J connectivity index is 2.03. The molecule has 2 rings (SSSR count). The van der Waals surface area contributed by atoms with Crippen molar-refractivity contribution in [3.05, 3.63) is 11.9 Å². The molecule has 1 aromatic heterocycles. The van der Waals surface area contributed by atoms with E-state index in [1.807, 2.05) is 6.92 Å². The molecule has 0 aromatic carbocycles. The fourth-order valence-corrected chi connectivity index (χ4v) is 2.69. The van der Waals surface area contributed by atoms with Crippen LogP contribution in [0.15, 0.2) is 6.20 Å². The molecular formula is C15H28N4O. The fraction of sp³-hybridized carbons (Fsp3) is 0.800. The lowest BCUT2D eigenvalue weighted by molar-refractivity contribution is 0.141. The highest BCUT2D eigenvalue weighted by atomic mass is 16.5. The molecule has 0 amide bonds. The Morgan fingerprint density at radius 1 is 1.50 bits per heavy atom. The molecule has 2 heterocycles. The molecule has 1 aromatic rings. The maximum absolute atomic E-state index is 5.43. The van der Waals surface area contributed by atoms with Gasteiger partial charge < -0.3 is 19.5 Å². The number of anilines is 1. The van der Waals surface area contributed by atoms with E-state index < -0.39 is 0 Å². The highest BCUT2D eigenvalue weighted by molar-refractivity contribution is 5.34. The van der Waals surface area contributed by atoms with E-state index in [-0.39, 0.29) is 0 Å². The first-order chi connectivity index (χ1) is 9.76. The van der Waals surface area contributed by atoms with Gasteiger partial charge in [0.05, 0.1) is 5.69 Å². The van der Waals surface area contributed by atoms with Crippen LogP contribution in [0.2, 0.25) is 0 Å². The summed E-state index contributed by atoms with van der Waals surface area (Å²) >= 11 is 0. The summed E-state index contributed by atoms with van der Waals surface area (Å²) in [6.45, 7) is 8.97. The molecule has 114 valence electrons. The van der Waals surface area contributed by atoms with Crippen LogP contribution >= 0.6 is 0 Å². The van der Waals surface area contributed by atoms with Crippen molar-refractivity contribution in [2.75, 3.05) is 38.3 Å². The monoisotopic (exact) mass is 280 g/mol. The average Bonchev–Trinajstić information content (AvgIpc) is 3.12. The zero-order valence-corrected chi connectivity index (χ0v) is 13.1. The molecule has 5 nitrogen and oxygen atoms in total. The van der Waals surface area contributed by atoms with Crippen molar-refractivity contribution in [2.24, 2.45) is 0 Å². The van der Waals surface area contributed by atoms with Gasteiger partial charge in [-0.05, 0) is 32.7 Å². The highest BCUT2D eigenvalue weighted by Crippen LogP contribution is 2.19. The first-order valence-corrected chi connectivity index (χ1v) is 7.83. The van der Waals surface area contributed by atoms with Crippen LogP contribution in [-0.2, 0) is 17.7 Å². The van der Waals surface area contributed by atoms with Gasteiger partial charge in [-0.3, -0.25) is 0 Å². The lowest BCUT2D eigenvalue weighted by atomic mass is 10.2. The predicted molar refractivity (Wildman–Crippen MR) is 82.4 cm³/mol. The Morgan fingerprint density at radius 2 is 2.35 bits per heavy atom. The molecule has 20 heavy (non-hydrogen) atoms. The van der Waals surface area contributed by atoms with Gasteiger partial charge in [0, 0.05) is 45.6 Å². The van der Waals surface area contributed by atoms with Crippen LogP contribution in [0.25, 0.3) is 0 Å². The SMILES string of the molecule is CCOCCCn1cc(CC)nc1N(C)C1CCNC1. The van der Waals surface area contributed by atoms with Gasteiger partial charge in [-0.15, -0.1) is 0 Å². The topological polar surface area (TPSA) is 42.3 Å². The second kappa shape index (κ2) is 7.64. The van der Waals surface area contributed by atoms with Crippen molar-refractivity contribution >= 4 is 5.95 Å². The second-order valence-electron chi connectivity index (χ2n) is 5.39. The first-order valence-electron chi connectivity index (χ1n) is 7.83. The summed E-state index contributed by atoms with van der Waals surface area (Å²) in [7, 11) is 2.17. The fourth-order valence-electron chi connectivity index (χ4n) is 2.69. The van der Waals surface area contributed by atoms with Crippen molar-refractivity contribution in [2.45, 2.75) is 45.7 Å². The zero-order valence-electron chi connectivity index (χ0n) is 13.1. The molecule has 5 heteroatoms. The number of nitrogens with zero attached hydrogens (tertiary/aromatic N) is 3. The largest absolute Gasteiger partial charge is 0.382 e. The van der Waals surface area contributed by atoms with Crippen molar-refractivity contribution in [3.63, 3.8) is 0 Å². The van der Waals surface area contributed by atoms with E-state index in [0.717, 1.165) is 51.6 Å². The summed E-state index contributed by atoms with van der Waals surface area (Å²) in [6.07, 6.45) is 5.42. The normalized spacial score (nSPS) is 18.6. The number of nitrogens with one attached hydrogen (secondary N) is 1. The van der Waals surface area contributed by atoms with Gasteiger partial charge in [0.1, 0.15) is 0 Å². The summed E-state index contributed by atoms with van der Waals surface area (Å²) < 4.78 is 7.72. The Kier molecular flexibility index (Phi) is 5.86. The molecule has 1 atom stereocenters. The molecule has 0 saturated carbocycles. The third-order valence-electron chi connectivity index (χ3n) is 3.96. The van der Waals surface area contributed by atoms with Crippen molar-refractivity contribution < 1.29 is 4.74 Å². The minimum Gasteiger partial charge on any atom is -0.382 e. The van der Waals surface area contributed by atoms with E-state index in [1.54, 1.807) is 0 Å². The van der Waals surface area contributed by atoms with Gasteiger partial charge in [-0.25, -0.2) is 4.98 Å². The van der Waals surface area contributed by atoms with E-state index in [4.69, 9.17) is 9.72 Å². The Morgan fingerprint density at radius 3 is 3.00 bits per heavy atom. The molecule has 0 bridgehead atoms. The molecule has 0 radical (unpaired) electrons. The van der Waals surface area contributed by atoms with Crippen LogP contribution in [-0.4, -0.2) is 48.9 Å². The Bertz CT molecular complexity index is 399. The van der Waals surface area contributed by atoms with Gasteiger partial charge in [-0.2, -0.15) is 0 Å². The molecule has 1 fully saturated rings. The van der Waals surface area contributed by atoms with Gasteiger partial charge in [0.2, 0.25) is 5.95 Å². The van der Waals surface area contributed by atoms with Gasteiger partial charge in [0.15, 0.2) is 0 Å². The average molecular weight is 280 g/mol. The standard InChI is InChI=1S/C15H28N4O/c1-4-13-12-19(9-6-10-20-5-2)15(17-13)18(3)14-7-8-16-11-14/h12,14,16H,4-11H2,1-3H3. The van der Waals surface area contributed by atoms with E-state index >= 15 is 0 Å². The number of aromatic nitrogens is 2. The Hall–Kier alpha value is -1.07. The van der Waals surface area contributed by atoms with Crippen LogP contribution in [0.4, 0.5) is 5.95 Å². The van der Waals surface area contributed by atoms with Crippen molar-refractivity contribution in [1.29, 1.82) is 0 Å².